The summed E-state index contributed by atoms with van der Waals surface area (Å²) in [5.74, 6) is -0.228. The van der Waals surface area contributed by atoms with Gasteiger partial charge in [0.2, 0.25) is 0 Å². The molecule has 1 heterocycles. The lowest BCUT2D eigenvalue weighted by Crippen LogP contribution is -2.44. The molecular weight excluding hydrogens is 368 g/mol. The molecule has 24 heavy (non-hydrogen) atoms. The molecule has 5 nitrogen and oxygen atoms in total. The van der Waals surface area contributed by atoms with E-state index in [2.05, 4.69) is 33.2 Å². The van der Waals surface area contributed by atoms with Gasteiger partial charge in [-0.2, -0.15) is 5.26 Å². The lowest BCUT2D eigenvalue weighted by molar-refractivity contribution is -0.128. The number of hydrogen-bond donors (Lipinski definition) is 1. The maximum atomic E-state index is 12.6. The number of carbonyl (C=O) groups is 1. The second-order valence-corrected chi connectivity index (χ2v) is 7.08. The molecule has 0 aromatic heterocycles. The third-order valence-corrected chi connectivity index (χ3v) is 5.34. The van der Waals surface area contributed by atoms with E-state index < -0.39 is 0 Å². The highest BCUT2D eigenvalue weighted by Crippen LogP contribution is 2.20. The van der Waals surface area contributed by atoms with Crippen molar-refractivity contribution in [2.24, 2.45) is 0 Å². The van der Waals surface area contributed by atoms with Crippen molar-refractivity contribution in [2.45, 2.75) is 25.8 Å². The fraction of sp³-hybridized carbons (Fsp3) is 0.444. The molecule has 1 aliphatic heterocycles. The van der Waals surface area contributed by atoms with Crippen molar-refractivity contribution >= 4 is 27.5 Å². The molecule has 0 spiro atoms. The van der Waals surface area contributed by atoms with E-state index >= 15 is 0 Å². The van der Waals surface area contributed by atoms with Gasteiger partial charge >= 0.3 is 0 Å². The van der Waals surface area contributed by atoms with Crippen LogP contribution in [0.5, 0.6) is 0 Å². The summed E-state index contributed by atoms with van der Waals surface area (Å²) < 4.78 is 1.02. The molecule has 1 N–H and O–H groups in total. The summed E-state index contributed by atoms with van der Waals surface area (Å²) in [5, 5.41) is 12.4. The quantitative estimate of drug-likeness (QED) is 0.633. The molecule has 1 fully saturated rings. The highest BCUT2D eigenvalue weighted by Gasteiger charge is 2.25. The van der Waals surface area contributed by atoms with E-state index in [0.717, 1.165) is 41.7 Å². The number of amides is 1. The van der Waals surface area contributed by atoms with Crippen LogP contribution >= 0.6 is 15.9 Å². The zero-order valence-corrected chi connectivity index (χ0v) is 15.9. The van der Waals surface area contributed by atoms with Crippen LogP contribution in [-0.2, 0) is 4.79 Å². The Hall–Kier alpha value is -1.84. The SMILES string of the molecule is Cc1cc(N/C=C(/C#N)C(=O)N(C)C2CCN(C)CC2)ccc1Br. The van der Waals surface area contributed by atoms with Crippen LogP contribution in [0.4, 0.5) is 5.69 Å². The van der Waals surface area contributed by atoms with Gasteiger partial charge in [0.25, 0.3) is 5.91 Å². The molecule has 1 saturated heterocycles. The van der Waals surface area contributed by atoms with Crippen molar-refractivity contribution in [3.8, 4) is 6.07 Å². The molecule has 0 aliphatic carbocycles. The predicted octanol–water partition coefficient (Wildman–Crippen LogP) is 3.13. The number of halogens is 1. The Morgan fingerprint density at radius 3 is 2.71 bits per heavy atom. The first-order chi connectivity index (χ1) is 11.4. The molecular formula is C18H23BrN4O. The van der Waals surface area contributed by atoms with Crippen LogP contribution in [0.15, 0.2) is 34.4 Å². The van der Waals surface area contributed by atoms with Gasteiger partial charge in [-0.1, -0.05) is 15.9 Å². The lowest BCUT2D eigenvalue weighted by Gasteiger charge is -2.34. The number of aryl methyl sites for hydroxylation is 1. The van der Waals surface area contributed by atoms with E-state index in [1.165, 1.54) is 6.20 Å². The van der Waals surface area contributed by atoms with Crippen LogP contribution in [0, 0.1) is 18.3 Å². The Labute approximate surface area is 152 Å². The summed E-state index contributed by atoms with van der Waals surface area (Å²) in [6.07, 6.45) is 3.38. The molecule has 2 rings (SSSR count). The molecule has 1 amide bonds. The fourth-order valence-corrected chi connectivity index (χ4v) is 3.02. The van der Waals surface area contributed by atoms with Crippen LogP contribution < -0.4 is 5.32 Å². The summed E-state index contributed by atoms with van der Waals surface area (Å²) in [4.78, 5) is 16.5. The number of nitriles is 1. The largest absolute Gasteiger partial charge is 0.360 e. The zero-order valence-electron chi connectivity index (χ0n) is 14.3. The topological polar surface area (TPSA) is 59.4 Å². The molecule has 1 aromatic rings. The van der Waals surface area contributed by atoms with Crippen molar-refractivity contribution in [1.29, 1.82) is 5.26 Å². The van der Waals surface area contributed by atoms with Gasteiger partial charge in [0.15, 0.2) is 0 Å². The molecule has 0 saturated carbocycles. The Kier molecular flexibility index (Phi) is 6.41. The van der Waals surface area contributed by atoms with Gasteiger partial charge in [0, 0.05) is 29.4 Å². The number of anilines is 1. The first kappa shape index (κ1) is 18.5. The number of rotatable bonds is 4. The van der Waals surface area contributed by atoms with Gasteiger partial charge in [-0.3, -0.25) is 4.79 Å². The number of carbonyl (C=O) groups excluding carboxylic acids is 1. The summed E-state index contributed by atoms with van der Waals surface area (Å²) in [6, 6.07) is 8.00. The van der Waals surface area contributed by atoms with Crippen molar-refractivity contribution in [3.63, 3.8) is 0 Å². The van der Waals surface area contributed by atoms with E-state index in [1.54, 1.807) is 11.9 Å². The van der Waals surface area contributed by atoms with E-state index in [1.807, 2.05) is 31.2 Å². The van der Waals surface area contributed by atoms with Gasteiger partial charge in [0.1, 0.15) is 11.6 Å². The van der Waals surface area contributed by atoms with E-state index in [-0.39, 0.29) is 17.5 Å². The number of piperidine rings is 1. The first-order valence-electron chi connectivity index (χ1n) is 8.01. The van der Waals surface area contributed by atoms with E-state index in [0.29, 0.717) is 0 Å². The van der Waals surface area contributed by atoms with Crippen molar-refractivity contribution in [2.75, 3.05) is 32.5 Å². The second-order valence-electron chi connectivity index (χ2n) is 6.23. The van der Waals surface area contributed by atoms with Crippen LogP contribution in [0.25, 0.3) is 0 Å². The number of likely N-dealkylation sites (N-methyl/N-ethyl adjacent to an activating group) is 1. The molecule has 0 atom stereocenters. The number of likely N-dealkylation sites (tertiary alicyclic amines) is 1. The van der Waals surface area contributed by atoms with E-state index in [4.69, 9.17) is 0 Å². The number of nitrogens with zero attached hydrogens (tertiary/aromatic N) is 3. The van der Waals surface area contributed by atoms with E-state index in [9.17, 15) is 10.1 Å². The maximum absolute atomic E-state index is 12.6. The average molecular weight is 391 g/mol. The van der Waals surface area contributed by atoms with Gasteiger partial charge < -0.3 is 15.1 Å². The Morgan fingerprint density at radius 1 is 1.46 bits per heavy atom. The first-order valence-corrected chi connectivity index (χ1v) is 8.80. The van der Waals surface area contributed by atoms with Crippen LogP contribution in [0.3, 0.4) is 0 Å². The second kappa shape index (κ2) is 8.32. The van der Waals surface area contributed by atoms with Crippen molar-refractivity contribution < 1.29 is 4.79 Å². The maximum Gasteiger partial charge on any atom is 0.266 e. The van der Waals surface area contributed by atoms with Gasteiger partial charge in [-0.15, -0.1) is 0 Å². The third kappa shape index (κ3) is 4.59. The number of nitrogens with one attached hydrogen (secondary N) is 1. The molecule has 0 radical (unpaired) electrons. The highest BCUT2D eigenvalue weighted by atomic mass is 79.9. The van der Waals surface area contributed by atoms with Crippen LogP contribution in [0.2, 0.25) is 0 Å². The normalized spacial score (nSPS) is 16.5. The molecule has 1 aliphatic rings. The third-order valence-electron chi connectivity index (χ3n) is 4.45. The smallest absolute Gasteiger partial charge is 0.266 e. The predicted molar refractivity (Wildman–Crippen MR) is 99.5 cm³/mol. The minimum absolute atomic E-state index is 0.122. The Morgan fingerprint density at radius 2 is 2.12 bits per heavy atom. The van der Waals surface area contributed by atoms with Gasteiger partial charge in [-0.05, 0) is 63.7 Å². The molecule has 0 unspecified atom stereocenters. The minimum Gasteiger partial charge on any atom is -0.360 e. The molecule has 1 aromatic carbocycles. The van der Waals surface area contributed by atoms with Gasteiger partial charge in [-0.25, -0.2) is 0 Å². The zero-order chi connectivity index (χ0) is 17.7. The fourth-order valence-electron chi connectivity index (χ4n) is 2.77. The lowest BCUT2D eigenvalue weighted by atomic mass is 10.0. The van der Waals surface area contributed by atoms with Crippen LogP contribution in [0.1, 0.15) is 18.4 Å². The molecule has 0 bridgehead atoms. The Bertz CT molecular complexity index is 672. The monoisotopic (exact) mass is 390 g/mol. The summed E-state index contributed by atoms with van der Waals surface area (Å²) in [6.45, 7) is 3.94. The van der Waals surface area contributed by atoms with Crippen molar-refractivity contribution in [1.82, 2.24) is 9.80 Å². The summed E-state index contributed by atoms with van der Waals surface area (Å²) in [5.41, 5.74) is 2.05. The molecule has 6 heteroatoms. The minimum atomic E-state index is -0.228. The average Bonchev–Trinajstić information content (AvgIpc) is 2.58. The summed E-state index contributed by atoms with van der Waals surface area (Å²) >= 11 is 3.45. The number of benzene rings is 1. The highest BCUT2D eigenvalue weighted by molar-refractivity contribution is 9.10. The van der Waals surface area contributed by atoms with Crippen LogP contribution in [-0.4, -0.2) is 48.9 Å². The Balaban J connectivity index is 2.04. The van der Waals surface area contributed by atoms with Gasteiger partial charge in [0.05, 0.1) is 0 Å². The standard InChI is InChI=1S/C18H23BrN4O/c1-13-10-15(4-5-17(13)19)21-12-14(11-20)18(24)23(3)16-6-8-22(2)9-7-16/h4-5,10,12,16,21H,6-9H2,1-3H3/b14-12-. The van der Waals surface area contributed by atoms with Crippen molar-refractivity contribution in [3.05, 3.63) is 40.0 Å². The number of hydrogen-bond acceptors (Lipinski definition) is 4. The summed E-state index contributed by atoms with van der Waals surface area (Å²) in [7, 11) is 3.87. The molecule has 128 valence electrons.